The standard InChI is InChI=1S/C20H26ClN5O3/c1-5-8-13(20(27)29-6-2)16(11-17(21)24-3)26-15-10-7-9-14(18(15)28-4)19(23)25-12-22/h7-12,24H,5-6H2,1-4H3,(H3,22,23,25)/b13-8-,17-11-,26-16?. The van der Waals surface area contributed by atoms with E-state index in [0.29, 0.717) is 29.1 Å². The predicted octanol–water partition coefficient (Wildman–Crippen LogP) is 3.28. The van der Waals surface area contributed by atoms with Gasteiger partial charge in [-0.1, -0.05) is 30.7 Å². The number of aliphatic imine (C=N–C) groups is 2. The number of halogens is 1. The van der Waals surface area contributed by atoms with E-state index >= 15 is 0 Å². The molecule has 1 aromatic rings. The van der Waals surface area contributed by atoms with Crippen LogP contribution in [0.2, 0.25) is 0 Å². The van der Waals surface area contributed by atoms with Crippen LogP contribution < -0.4 is 15.8 Å². The third-order valence-electron chi connectivity index (χ3n) is 3.60. The van der Waals surface area contributed by atoms with Crippen LogP contribution in [0.15, 0.2) is 51.1 Å². The summed E-state index contributed by atoms with van der Waals surface area (Å²) in [6.45, 7) is 3.86. The molecule has 156 valence electrons. The quantitative estimate of drug-likeness (QED) is 0.176. The average Bonchev–Trinajstić information content (AvgIpc) is 2.71. The number of nitrogens with zero attached hydrogens (tertiary/aromatic N) is 2. The highest BCUT2D eigenvalue weighted by molar-refractivity contribution is 6.34. The summed E-state index contributed by atoms with van der Waals surface area (Å²) in [7, 11) is 3.12. The van der Waals surface area contributed by atoms with Crippen molar-refractivity contribution in [3.8, 4) is 5.75 Å². The summed E-state index contributed by atoms with van der Waals surface area (Å²) in [5, 5.41) is 10.2. The van der Waals surface area contributed by atoms with Gasteiger partial charge in [0.15, 0.2) is 5.75 Å². The van der Waals surface area contributed by atoms with Gasteiger partial charge in [-0.15, -0.1) is 0 Å². The van der Waals surface area contributed by atoms with Crippen LogP contribution in [-0.4, -0.2) is 44.6 Å². The molecule has 0 radical (unpaired) electrons. The Hall–Kier alpha value is -3.13. The molecule has 0 fully saturated rings. The molecule has 0 unspecified atom stereocenters. The van der Waals surface area contributed by atoms with Crippen LogP contribution in [0.5, 0.6) is 5.75 Å². The Balaban J connectivity index is 3.72. The van der Waals surface area contributed by atoms with Crippen molar-refractivity contribution in [2.75, 3.05) is 20.8 Å². The van der Waals surface area contributed by atoms with Crippen molar-refractivity contribution in [1.82, 2.24) is 5.32 Å². The number of allylic oxidation sites excluding steroid dienone is 2. The number of hydrogen-bond acceptors (Lipinski definition) is 6. The summed E-state index contributed by atoms with van der Waals surface area (Å²) in [5.41, 5.74) is 7.37. The SMILES string of the molecule is CC/C=C(\C(=O)OCC)C(/C=C(/Cl)NC)=Nc1cccc(C(N)=NC=N)c1OC. The zero-order valence-electron chi connectivity index (χ0n) is 17.0. The van der Waals surface area contributed by atoms with Crippen molar-refractivity contribution >= 4 is 41.1 Å². The second kappa shape index (κ2) is 12.4. The van der Waals surface area contributed by atoms with Gasteiger partial charge in [-0.3, -0.25) is 5.41 Å². The van der Waals surface area contributed by atoms with Gasteiger partial charge in [0.25, 0.3) is 0 Å². The molecule has 0 aromatic heterocycles. The zero-order chi connectivity index (χ0) is 21.8. The molecule has 1 aromatic carbocycles. The number of carbonyl (C=O) groups is 1. The topological polar surface area (TPSA) is 122 Å². The highest BCUT2D eigenvalue weighted by atomic mass is 35.5. The lowest BCUT2D eigenvalue weighted by atomic mass is 10.1. The van der Waals surface area contributed by atoms with Crippen molar-refractivity contribution in [1.29, 1.82) is 5.41 Å². The monoisotopic (exact) mass is 419 g/mol. The summed E-state index contributed by atoms with van der Waals surface area (Å²) in [5.74, 6) is -0.0549. The lowest BCUT2D eigenvalue weighted by Gasteiger charge is -2.13. The number of para-hydroxylation sites is 1. The number of methoxy groups -OCH3 is 1. The van der Waals surface area contributed by atoms with Crippen LogP contribution in [0.3, 0.4) is 0 Å². The van der Waals surface area contributed by atoms with Gasteiger partial charge >= 0.3 is 5.97 Å². The Bertz CT molecular complexity index is 860. The molecule has 0 amide bonds. The maximum atomic E-state index is 12.5. The Morgan fingerprint density at radius 1 is 1.38 bits per heavy atom. The molecule has 8 nitrogen and oxygen atoms in total. The lowest BCUT2D eigenvalue weighted by molar-refractivity contribution is -0.137. The molecule has 9 heteroatoms. The van der Waals surface area contributed by atoms with Crippen LogP contribution in [0.1, 0.15) is 25.8 Å². The summed E-state index contributed by atoms with van der Waals surface area (Å²) in [4.78, 5) is 20.9. The van der Waals surface area contributed by atoms with E-state index < -0.39 is 5.97 Å². The first-order valence-corrected chi connectivity index (χ1v) is 9.32. The largest absolute Gasteiger partial charge is 0.494 e. The second-order valence-corrected chi connectivity index (χ2v) is 5.89. The maximum absolute atomic E-state index is 12.5. The third-order valence-corrected chi connectivity index (χ3v) is 3.90. The van der Waals surface area contributed by atoms with Crippen molar-refractivity contribution in [3.63, 3.8) is 0 Å². The van der Waals surface area contributed by atoms with Crippen LogP contribution in [0.25, 0.3) is 0 Å². The third kappa shape index (κ3) is 6.76. The fourth-order valence-electron chi connectivity index (χ4n) is 2.37. The fraction of sp³-hybridized carbons (Fsp3) is 0.300. The Morgan fingerprint density at radius 2 is 2.10 bits per heavy atom. The van der Waals surface area contributed by atoms with Crippen molar-refractivity contribution < 1.29 is 14.3 Å². The number of benzene rings is 1. The van der Waals surface area contributed by atoms with Crippen LogP contribution in [0, 0.1) is 5.41 Å². The highest BCUT2D eigenvalue weighted by Gasteiger charge is 2.18. The van der Waals surface area contributed by atoms with Crippen molar-refractivity contribution in [2.24, 2.45) is 15.7 Å². The number of carbonyl (C=O) groups excluding carboxylic acids is 1. The first-order valence-electron chi connectivity index (χ1n) is 8.94. The first kappa shape index (κ1) is 23.9. The summed E-state index contributed by atoms with van der Waals surface area (Å²) in [6.07, 6.45) is 4.68. The predicted molar refractivity (Wildman–Crippen MR) is 118 cm³/mol. The minimum absolute atomic E-state index is 0.106. The number of amidine groups is 1. The van der Waals surface area contributed by atoms with Gasteiger partial charge in [-0.25, -0.2) is 14.8 Å². The van der Waals surface area contributed by atoms with E-state index in [-0.39, 0.29) is 23.2 Å². The van der Waals surface area contributed by atoms with E-state index in [1.165, 1.54) is 13.2 Å². The Morgan fingerprint density at radius 3 is 2.66 bits per heavy atom. The molecule has 0 aliphatic heterocycles. The molecular formula is C20H26ClN5O3. The van der Waals surface area contributed by atoms with E-state index in [2.05, 4.69) is 15.3 Å². The molecule has 0 aliphatic carbocycles. The van der Waals surface area contributed by atoms with Gasteiger partial charge in [-0.05, 0) is 31.6 Å². The van der Waals surface area contributed by atoms with Crippen molar-refractivity contribution in [2.45, 2.75) is 20.3 Å². The summed E-state index contributed by atoms with van der Waals surface area (Å²) in [6, 6.07) is 5.12. The number of nitrogens with one attached hydrogen (secondary N) is 2. The highest BCUT2D eigenvalue weighted by Crippen LogP contribution is 2.32. The number of esters is 1. The molecule has 0 saturated carbocycles. The smallest absolute Gasteiger partial charge is 0.339 e. The van der Waals surface area contributed by atoms with E-state index in [4.69, 9.17) is 32.2 Å². The molecule has 0 spiro atoms. The minimum Gasteiger partial charge on any atom is -0.494 e. The van der Waals surface area contributed by atoms with Gasteiger partial charge < -0.3 is 20.5 Å². The fourth-order valence-corrected chi connectivity index (χ4v) is 2.47. The zero-order valence-corrected chi connectivity index (χ0v) is 17.7. The van der Waals surface area contributed by atoms with E-state index in [1.807, 2.05) is 6.92 Å². The van der Waals surface area contributed by atoms with Crippen LogP contribution >= 0.6 is 11.6 Å². The van der Waals surface area contributed by atoms with Crippen LogP contribution in [0.4, 0.5) is 5.69 Å². The molecular weight excluding hydrogens is 394 g/mol. The molecule has 0 heterocycles. The molecule has 4 N–H and O–H groups in total. The summed E-state index contributed by atoms with van der Waals surface area (Å²) >= 11 is 6.14. The number of hydrogen-bond donors (Lipinski definition) is 3. The van der Waals surface area contributed by atoms with Gasteiger partial charge in [0.05, 0.1) is 30.6 Å². The molecule has 29 heavy (non-hydrogen) atoms. The minimum atomic E-state index is -0.509. The van der Waals surface area contributed by atoms with E-state index in [9.17, 15) is 4.79 Å². The molecule has 0 aliphatic rings. The molecule has 1 rings (SSSR count). The Kier molecular flexibility index (Phi) is 10.2. The normalized spacial score (nSPS) is 13.1. The number of rotatable bonds is 10. The Labute approximate surface area is 175 Å². The van der Waals surface area contributed by atoms with E-state index in [1.54, 1.807) is 38.2 Å². The number of nitrogens with two attached hydrogens (primary N) is 1. The van der Waals surface area contributed by atoms with Gasteiger partial charge in [0, 0.05) is 7.05 Å². The maximum Gasteiger partial charge on any atom is 0.339 e. The summed E-state index contributed by atoms with van der Waals surface area (Å²) < 4.78 is 10.6. The second-order valence-electron chi connectivity index (χ2n) is 5.49. The average molecular weight is 420 g/mol. The number of ether oxygens (including phenoxy) is 2. The van der Waals surface area contributed by atoms with Gasteiger partial charge in [0.2, 0.25) is 0 Å². The molecule has 0 bridgehead atoms. The van der Waals surface area contributed by atoms with E-state index in [0.717, 1.165) is 6.34 Å². The molecule has 0 saturated heterocycles. The van der Waals surface area contributed by atoms with Gasteiger partial charge in [0.1, 0.15) is 23.0 Å². The van der Waals surface area contributed by atoms with Crippen LogP contribution in [-0.2, 0) is 9.53 Å². The molecule has 0 atom stereocenters. The first-order chi connectivity index (χ1) is 13.9. The van der Waals surface area contributed by atoms with Crippen molar-refractivity contribution in [3.05, 3.63) is 46.6 Å². The lowest BCUT2D eigenvalue weighted by Crippen LogP contribution is -2.17. The van der Waals surface area contributed by atoms with Gasteiger partial charge in [-0.2, -0.15) is 0 Å².